The summed E-state index contributed by atoms with van der Waals surface area (Å²) in [4.78, 5) is 23.4. The molecular weight excluding hydrogens is 230 g/mol. The third-order valence-corrected chi connectivity index (χ3v) is 2.82. The molecule has 0 aliphatic rings. The van der Waals surface area contributed by atoms with E-state index in [0.717, 1.165) is 18.4 Å². The largest absolute Gasteiger partial charge is 0.397 e. The molecule has 0 fully saturated rings. The van der Waals surface area contributed by atoms with Gasteiger partial charge in [0.2, 0.25) is 5.91 Å². The molecule has 100 valence electrons. The van der Waals surface area contributed by atoms with E-state index in [0.29, 0.717) is 5.69 Å². The van der Waals surface area contributed by atoms with Gasteiger partial charge in [-0.2, -0.15) is 0 Å². The van der Waals surface area contributed by atoms with E-state index in [1.165, 1.54) is 16.8 Å². The van der Waals surface area contributed by atoms with E-state index in [-0.39, 0.29) is 24.1 Å². The van der Waals surface area contributed by atoms with Crippen molar-refractivity contribution in [3.63, 3.8) is 0 Å². The number of amides is 1. The van der Waals surface area contributed by atoms with Crippen molar-refractivity contribution in [3.8, 4) is 0 Å². The molecule has 0 spiro atoms. The van der Waals surface area contributed by atoms with Crippen molar-refractivity contribution in [2.45, 2.75) is 46.2 Å². The number of pyridine rings is 1. The van der Waals surface area contributed by atoms with Gasteiger partial charge in [0.05, 0.1) is 5.69 Å². The molecule has 0 saturated carbocycles. The summed E-state index contributed by atoms with van der Waals surface area (Å²) in [5.74, 6) is -0.165. The Hall–Kier alpha value is -1.78. The zero-order valence-electron chi connectivity index (χ0n) is 11.2. The molecule has 1 amide bonds. The Morgan fingerprint density at radius 1 is 1.56 bits per heavy atom. The Bertz CT molecular complexity index is 480. The Kier molecular flexibility index (Phi) is 4.95. The van der Waals surface area contributed by atoms with Gasteiger partial charge in [0.15, 0.2) is 0 Å². The van der Waals surface area contributed by atoms with E-state index in [9.17, 15) is 9.59 Å². The summed E-state index contributed by atoms with van der Waals surface area (Å²) in [6.45, 7) is 5.79. The van der Waals surface area contributed by atoms with Crippen LogP contribution in [0.5, 0.6) is 0 Å². The highest BCUT2D eigenvalue weighted by Gasteiger charge is 2.09. The number of aromatic nitrogens is 1. The van der Waals surface area contributed by atoms with Crippen LogP contribution in [0.4, 0.5) is 5.69 Å². The first-order valence-corrected chi connectivity index (χ1v) is 6.20. The second-order valence-electron chi connectivity index (χ2n) is 4.64. The van der Waals surface area contributed by atoms with Crippen molar-refractivity contribution in [2.75, 3.05) is 5.73 Å². The van der Waals surface area contributed by atoms with E-state index in [1.807, 2.05) is 6.92 Å². The van der Waals surface area contributed by atoms with Gasteiger partial charge in [-0.05, 0) is 25.8 Å². The average Bonchev–Trinajstić information content (AvgIpc) is 2.26. The molecule has 1 aromatic rings. The molecule has 3 N–H and O–H groups in total. The van der Waals surface area contributed by atoms with Crippen LogP contribution < -0.4 is 16.6 Å². The quantitative estimate of drug-likeness (QED) is 0.821. The van der Waals surface area contributed by atoms with Crippen LogP contribution in [0.1, 0.15) is 32.3 Å². The molecule has 5 heteroatoms. The normalized spacial score (nSPS) is 12.2. The summed E-state index contributed by atoms with van der Waals surface area (Å²) >= 11 is 0. The zero-order chi connectivity index (χ0) is 13.7. The SMILES string of the molecule is CCCC(C)NC(=O)Cn1cc(N)c(C)cc1=O. The molecule has 5 nitrogen and oxygen atoms in total. The molecule has 1 heterocycles. The minimum absolute atomic E-state index is 0.0113. The Morgan fingerprint density at radius 3 is 2.83 bits per heavy atom. The zero-order valence-corrected chi connectivity index (χ0v) is 11.2. The Balaban J connectivity index is 2.70. The maximum absolute atomic E-state index is 11.7. The lowest BCUT2D eigenvalue weighted by atomic mass is 10.2. The molecular formula is C13H21N3O2. The van der Waals surface area contributed by atoms with E-state index in [2.05, 4.69) is 12.2 Å². The fourth-order valence-electron chi connectivity index (χ4n) is 1.79. The average molecular weight is 251 g/mol. The topological polar surface area (TPSA) is 77.1 Å². The van der Waals surface area contributed by atoms with Crippen LogP contribution in [-0.4, -0.2) is 16.5 Å². The molecule has 0 aromatic carbocycles. The first-order chi connectivity index (χ1) is 8.43. The van der Waals surface area contributed by atoms with Crippen LogP contribution in [0.2, 0.25) is 0 Å². The summed E-state index contributed by atoms with van der Waals surface area (Å²) < 4.78 is 1.33. The standard InChI is InChI=1S/C13H21N3O2/c1-4-5-10(3)15-12(17)8-16-7-11(14)9(2)6-13(16)18/h6-7,10H,4-5,8,14H2,1-3H3,(H,15,17). The highest BCUT2D eigenvalue weighted by molar-refractivity contribution is 5.76. The number of carbonyl (C=O) groups excluding carboxylic acids is 1. The number of anilines is 1. The smallest absolute Gasteiger partial charge is 0.251 e. The van der Waals surface area contributed by atoms with Gasteiger partial charge >= 0.3 is 0 Å². The number of nitrogens with two attached hydrogens (primary N) is 1. The van der Waals surface area contributed by atoms with Gasteiger partial charge in [0.25, 0.3) is 5.56 Å². The van der Waals surface area contributed by atoms with Crippen LogP contribution in [0.15, 0.2) is 17.1 Å². The third kappa shape index (κ3) is 3.91. The monoisotopic (exact) mass is 251 g/mol. The molecule has 1 atom stereocenters. The van der Waals surface area contributed by atoms with Gasteiger partial charge in [0.1, 0.15) is 6.54 Å². The van der Waals surface area contributed by atoms with Crippen molar-refractivity contribution in [1.82, 2.24) is 9.88 Å². The minimum Gasteiger partial charge on any atom is -0.397 e. The van der Waals surface area contributed by atoms with Gasteiger partial charge in [-0.15, -0.1) is 0 Å². The van der Waals surface area contributed by atoms with Gasteiger partial charge in [-0.1, -0.05) is 13.3 Å². The van der Waals surface area contributed by atoms with Crippen molar-refractivity contribution in [3.05, 3.63) is 28.2 Å². The first kappa shape index (κ1) is 14.3. The predicted octanol–water partition coefficient (Wildman–Crippen LogP) is 1.04. The number of nitrogens with zero attached hydrogens (tertiary/aromatic N) is 1. The highest BCUT2D eigenvalue weighted by Crippen LogP contribution is 2.05. The number of hydrogen-bond donors (Lipinski definition) is 2. The highest BCUT2D eigenvalue weighted by atomic mass is 16.2. The molecule has 1 aromatic heterocycles. The molecule has 0 radical (unpaired) electrons. The molecule has 0 saturated heterocycles. The fraction of sp³-hybridized carbons (Fsp3) is 0.538. The van der Waals surface area contributed by atoms with Crippen LogP contribution in [0, 0.1) is 6.92 Å². The first-order valence-electron chi connectivity index (χ1n) is 6.20. The number of rotatable bonds is 5. The van der Waals surface area contributed by atoms with Gasteiger partial charge in [-0.25, -0.2) is 0 Å². The number of aryl methyl sites for hydroxylation is 1. The maximum Gasteiger partial charge on any atom is 0.251 e. The van der Waals surface area contributed by atoms with Crippen LogP contribution in [0.3, 0.4) is 0 Å². The number of hydrogen-bond acceptors (Lipinski definition) is 3. The maximum atomic E-state index is 11.7. The number of carbonyl (C=O) groups is 1. The predicted molar refractivity (Wildman–Crippen MR) is 72.4 cm³/mol. The summed E-state index contributed by atoms with van der Waals surface area (Å²) in [6, 6.07) is 1.57. The van der Waals surface area contributed by atoms with Crippen LogP contribution >= 0.6 is 0 Å². The molecule has 1 rings (SSSR count). The summed E-state index contributed by atoms with van der Waals surface area (Å²) in [6.07, 6.45) is 3.46. The van der Waals surface area contributed by atoms with Crippen molar-refractivity contribution >= 4 is 11.6 Å². The van der Waals surface area contributed by atoms with Crippen molar-refractivity contribution in [2.24, 2.45) is 0 Å². The number of nitrogen functional groups attached to an aromatic ring is 1. The Morgan fingerprint density at radius 2 is 2.22 bits per heavy atom. The van der Waals surface area contributed by atoms with Gasteiger partial charge in [-0.3, -0.25) is 9.59 Å². The van der Waals surface area contributed by atoms with E-state index in [4.69, 9.17) is 5.73 Å². The fourth-order valence-corrected chi connectivity index (χ4v) is 1.79. The van der Waals surface area contributed by atoms with Gasteiger partial charge < -0.3 is 15.6 Å². The number of nitrogens with one attached hydrogen (secondary N) is 1. The van der Waals surface area contributed by atoms with Crippen molar-refractivity contribution < 1.29 is 4.79 Å². The summed E-state index contributed by atoms with van der Waals surface area (Å²) in [7, 11) is 0. The lowest BCUT2D eigenvalue weighted by Crippen LogP contribution is -2.37. The molecule has 0 aliphatic heterocycles. The Labute approximate surface area is 107 Å². The lowest BCUT2D eigenvalue weighted by Gasteiger charge is -2.14. The lowest BCUT2D eigenvalue weighted by molar-refractivity contribution is -0.122. The second-order valence-corrected chi connectivity index (χ2v) is 4.64. The van der Waals surface area contributed by atoms with E-state index in [1.54, 1.807) is 6.92 Å². The molecule has 18 heavy (non-hydrogen) atoms. The molecule has 0 bridgehead atoms. The third-order valence-electron chi connectivity index (χ3n) is 2.82. The van der Waals surface area contributed by atoms with Gasteiger partial charge in [0, 0.05) is 18.3 Å². The summed E-state index contributed by atoms with van der Waals surface area (Å²) in [5, 5.41) is 2.85. The van der Waals surface area contributed by atoms with E-state index < -0.39 is 0 Å². The van der Waals surface area contributed by atoms with Crippen molar-refractivity contribution in [1.29, 1.82) is 0 Å². The summed E-state index contributed by atoms with van der Waals surface area (Å²) in [5.41, 5.74) is 6.76. The minimum atomic E-state index is -0.208. The van der Waals surface area contributed by atoms with E-state index >= 15 is 0 Å². The molecule has 1 unspecified atom stereocenters. The van der Waals surface area contributed by atoms with Crippen LogP contribution in [-0.2, 0) is 11.3 Å². The molecule has 0 aliphatic carbocycles. The van der Waals surface area contributed by atoms with Crippen LogP contribution in [0.25, 0.3) is 0 Å². The second kappa shape index (κ2) is 6.23.